The highest BCUT2D eigenvalue weighted by Gasteiger charge is 2.31. The number of hydrogen-bond acceptors (Lipinski definition) is 6. The fraction of sp³-hybridized carbons (Fsp3) is 0.387. The van der Waals surface area contributed by atoms with Crippen LogP contribution >= 0.6 is 0 Å². The van der Waals surface area contributed by atoms with Crippen molar-refractivity contribution in [3.63, 3.8) is 0 Å². The second-order valence-corrected chi connectivity index (χ2v) is 9.76. The van der Waals surface area contributed by atoms with Crippen LogP contribution in [0.4, 0.5) is 0 Å². The summed E-state index contributed by atoms with van der Waals surface area (Å²) in [5.41, 5.74) is 4.54. The van der Waals surface area contributed by atoms with Crippen LogP contribution in [-0.4, -0.2) is 51.3 Å². The van der Waals surface area contributed by atoms with E-state index in [4.69, 9.17) is 18.9 Å². The largest absolute Gasteiger partial charge is 0.493 e. The van der Waals surface area contributed by atoms with Crippen LogP contribution in [0.25, 0.3) is 0 Å². The number of fused-ring (bicyclic) bond motifs is 1. The quantitative estimate of drug-likeness (QED) is 0.387. The fourth-order valence-corrected chi connectivity index (χ4v) is 4.96. The van der Waals surface area contributed by atoms with Crippen LogP contribution in [0.3, 0.4) is 0 Å². The molecule has 0 spiro atoms. The van der Waals surface area contributed by atoms with Gasteiger partial charge in [-0.25, -0.2) is 0 Å². The highest BCUT2D eigenvalue weighted by Crippen LogP contribution is 2.40. The number of nitrogens with one attached hydrogen (secondary N) is 1. The van der Waals surface area contributed by atoms with Crippen LogP contribution in [0.15, 0.2) is 60.7 Å². The molecule has 0 saturated heterocycles. The van der Waals surface area contributed by atoms with E-state index in [0.29, 0.717) is 36.8 Å². The minimum absolute atomic E-state index is 0.00165. The van der Waals surface area contributed by atoms with E-state index >= 15 is 0 Å². The predicted octanol–water partition coefficient (Wildman–Crippen LogP) is 4.96. The first kappa shape index (κ1) is 27.3. The molecule has 1 aliphatic rings. The Morgan fingerprint density at radius 3 is 2.29 bits per heavy atom. The first-order chi connectivity index (χ1) is 18.4. The van der Waals surface area contributed by atoms with Crippen molar-refractivity contribution >= 4 is 5.91 Å². The number of rotatable bonds is 11. The summed E-state index contributed by atoms with van der Waals surface area (Å²) >= 11 is 0. The molecular weight excluding hydrogens is 480 g/mol. The topological polar surface area (TPSA) is 69.3 Å². The second kappa shape index (κ2) is 12.7. The van der Waals surface area contributed by atoms with Crippen molar-refractivity contribution in [3.8, 4) is 23.0 Å². The molecule has 0 bridgehead atoms. The van der Waals surface area contributed by atoms with Crippen molar-refractivity contribution in [2.24, 2.45) is 0 Å². The second-order valence-electron chi connectivity index (χ2n) is 9.76. The zero-order valence-corrected chi connectivity index (χ0v) is 23.0. The number of benzene rings is 3. The average molecular weight is 519 g/mol. The summed E-state index contributed by atoms with van der Waals surface area (Å²) in [4.78, 5) is 15.3. The lowest BCUT2D eigenvalue weighted by atomic mass is 9.88. The molecule has 1 N–H and O–H groups in total. The molecule has 3 aromatic rings. The van der Waals surface area contributed by atoms with Gasteiger partial charge in [-0.1, -0.05) is 36.4 Å². The number of carbonyl (C=O) groups excluding carboxylic acids is 1. The molecule has 0 aromatic heterocycles. The van der Waals surface area contributed by atoms with Crippen LogP contribution in [0.5, 0.6) is 23.0 Å². The molecule has 38 heavy (non-hydrogen) atoms. The minimum atomic E-state index is -0.0280. The highest BCUT2D eigenvalue weighted by molar-refractivity contribution is 5.78. The molecule has 3 aromatic carbocycles. The summed E-state index contributed by atoms with van der Waals surface area (Å²) in [6.45, 7) is 5.58. The molecule has 1 amide bonds. The van der Waals surface area contributed by atoms with Crippen molar-refractivity contribution < 1.29 is 23.7 Å². The Morgan fingerprint density at radius 1 is 0.895 bits per heavy atom. The zero-order chi connectivity index (χ0) is 27.1. The van der Waals surface area contributed by atoms with Crippen LogP contribution in [0.2, 0.25) is 0 Å². The van der Waals surface area contributed by atoms with E-state index in [2.05, 4.69) is 28.4 Å². The molecule has 7 heteroatoms. The Balaban J connectivity index is 1.63. The third-order valence-corrected chi connectivity index (χ3v) is 6.81. The Bertz CT molecular complexity index is 1230. The molecule has 1 heterocycles. The molecule has 0 saturated carbocycles. The molecule has 7 nitrogen and oxygen atoms in total. The van der Waals surface area contributed by atoms with Gasteiger partial charge in [0.1, 0.15) is 0 Å². The Morgan fingerprint density at radius 2 is 1.61 bits per heavy atom. The molecule has 1 aliphatic heterocycles. The van der Waals surface area contributed by atoms with E-state index in [1.165, 1.54) is 5.56 Å². The standard InChI is InChI=1S/C31H38N2O5/c1-21(2)38-30-18-25-24(17-29(30)37-5)13-14-33(20-31(34)32-19-22-9-7-6-8-10-22)26(25)15-23-11-12-27(35-3)28(16-23)36-4/h6-12,16-18,21,26H,13-15,19-20H2,1-5H3,(H,32,34). The summed E-state index contributed by atoms with van der Waals surface area (Å²) in [6.07, 6.45) is 1.53. The lowest BCUT2D eigenvalue weighted by Gasteiger charge is -2.37. The van der Waals surface area contributed by atoms with Gasteiger partial charge in [-0.2, -0.15) is 0 Å². The van der Waals surface area contributed by atoms with Gasteiger partial charge < -0.3 is 24.3 Å². The maximum atomic E-state index is 13.1. The molecular formula is C31H38N2O5. The molecule has 0 aliphatic carbocycles. The van der Waals surface area contributed by atoms with Crippen LogP contribution in [0, 0.1) is 0 Å². The normalized spacial score (nSPS) is 15.1. The number of methoxy groups -OCH3 is 3. The van der Waals surface area contributed by atoms with Gasteiger partial charge in [0.05, 0.1) is 34.0 Å². The third-order valence-electron chi connectivity index (χ3n) is 6.81. The Kier molecular flexibility index (Phi) is 9.13. The van der Waals surface area contributed by atoms with Crippen molar-refractivity contribution in [1.82, 2.24) is 10.2 Å². The number of ether oxygens (including phenoxy) is 4. The summed E-state index contributed by atoms with van der Waals surface area (Å²) in [5, 5.41) is 3.08. The molecule has 202 valence electrons. The van der Waals surface area contributed by atoms with Gasteiger partial charge in [0.15, 0.2) is 23.0 Å². The van der Waals surface area contributed by atoms with Gasteiger partial charge in [0.25, 0.3) is 0 Å². The number of hydrogen-bond donors (Lipinski definition) is 1. The number of carbonyl (C=O) groups is 1. The van der Waals surface area contributed by atoms with Crippen molar-refractivity contribution in [2.45, 2.75) is 45.4 Å². The number of nitrogens with zero attached hydrogens (tertiary/aromatic N) is 1. The highest BCUT2D eigenvalue weighted by atomic mass is 16.5. The maximum absolute atomic E-state index is 13.1. The van der Waals surface area contributed by atoms with Crippen molar-refractivity contribution in [1.29, 1.82) is 0 Å². The summed E-state index contributed by atoms with van der Waals surface area (Å²) < 4.78 is 22.8. The van der Waals surface area contributed by atoms with E-state index < -0.39 is 0 Å². The van der Waals surface area contributed by atoms with Gasteiger partial charge in [0.2, 0.25) is 5.91 Å². The zero-order valence-electron chi connectivity index (χ0n) is 23.0. The summed E-state index contributed by atoms with van der Waals surface area (Å²) in [5.74, 6) is 2.83. The Labute approximate surface area is 225 Å². The van der Waals surface area contributed by atoms with Crippen molar-refractivity contribution in [2.75, 3.05) is 34.4 Å². The van der Waals surface area contributed by atoms with E-state index in [1.807, 2.05) is 56.3 Å². The molecule has 4 rings (SSSR count). The summed E-state index contributed by atoms with van der Waals surface area (Å²) in [7, 11) is 4.94. The van der Waals surface area contributed by atoms with E-state index in [0.717, 1.165) is 35.4 Å². The molecule has 1 unspecified atom stereocenters. The first-order valence-corrected chi connectivity index (χ1v) is 13.0. The lowest BCUT2D eigenvalue weighted by Crippen LogP contribution is -2.43. The Hall–Kier alpha value is -3.71. The predicted molar refractivity (Wildman–Crippen MR) is 148 cm³/mol. The van der Waals surface area contributed by atoms with Crippen LogP contribution in [0.1, 0.15) is 42.1 Å². The fourth-order valence-electron chi connectivity index (χ4n) is 4.96. The van der Waals surface area contributed by atoms with Crippen LogP contribution < -0.4 is 24.3 Å². The molecule has 0 radical (unpaired) electrons. The smallest absolute Gasteiger partial charge is 0.234 e. The summed E-state index contributed by atoms with van der Waals surface area (Å²) in [6, 6.07) is 20.1. The SMILES string of the molecule is COc1ccc(CC2c3cc(OC(C)C)c(OC)cc3CCN2CC(=O)NCc2ccccc2)cc1OC. The van der Waals surface area contributed by atoms with E-state index in [-0.39, 0.29) is 18.1 Å². The average Bonchev–Trinajstić information content (AvgIpc) is 2.93. The van der Waals surface area contributed by atoms with Gasteiger partial charge in [-0.05, 0) is 73.2 Å². The van der Waals surface area contributed by atoms with Gasteiger partial charge >= 0.3 is 0 Å². The molecule has 0 fully saturated rings. The molecule has 1 atom stereocenters. The van der Waals surface area contributed by atoms with Crippen molar-refractivity contribution in [3.05, 3.63) is 82.9 Å². The minimum Gasteiger partial charge on any atom is -0.493 e. The van der Waals surface area contributed by atoms with E-state index in [9.17, 15) is 4.79 Å². The van der Waals surface area contributed by atoms with Crippen LogP contribution in [-0.2, 0) is 24.2 Å². The number of amides is 1. The maximum Gasteiger partial charge on any atom is 0.234 e. The lowest BCUT2D eigenvalue weighted by molar-refractivity contribution is -0.123. The van der Waals surface area contributed by atoms with E-state index in [1.54, 1.807) is 21.3 Å². The van der Waals surface area contributed by atoms with Gasteiger partial charge in [-0.3, -0.25) is 9.69 Å². The third kappa shape index (κ3) is 6.58. The monoisotopic (exact) mass is 518 g/mol. The van der Waals surface area contributed by atoms with Gasteiger partial charge in [0, 0.05) is 19.1 Å². The first-order valence-electron chi connectivity index (χ1n) is 13.0. The van der Waals surface area contributed by atoms with Gasteiger partial charge in [-0.15, -0.1) is 0 Å².